The van der Waals surface area contributed by atoms with Gasteiger partial charge in [-0.1, -0.05) is 64.4 Å². The molecule has 2 aliphatic heterocycles. The number of nitrogens with one attached hydrogen (secondary N) is 1. The Morgan fingerprint density at radius 2 is 1.61 bits per heavy atom. The minimum absolute atomic E-state index is 0. The number of hydrogen-bond acceptors (Lipinski definition) is 10. The zero-order valence-electron chi connectivity index (χ0n) is 49.2. The Morgan fingerprint density at radius 1 is 0.947 bits per heavy atom. The van der Waals surface area contributed by atoms with E-state index in [2.05, 4.69) is 139 Å². The van der Waals surface area contributed by atoms with Crippen molar-refractivity contribution in [1.29, 1.82) is 0 Å². The van der Waals surface area contributed by atoms with E-state index >= 15 is 0 Å². The average molecular weight is 1070 g/mol. The summed E-state index contributed by atoms with van der Waals surface area (Å²) in [5, 5.41) is 4.14. The molecule has 3 aliphatic rings. The van der Waals surface area contributed by atoms with Crippen molar-refractivity contribution in [2.24, 2.45) is 24.6 Å². The van der Waals surface area contributed by atoms with Crippen molar-refractivity contribution in [3.05, 3.63) is 125 Å². The number of likely N-dealkylation sites (N-methyl/N-ethyl adjacent to an activating group) is 1. The molecule has 0 bridgehead atoms. The van der Waals surface area contributed by atoms with Crippen molar-refractivity contribution in [2.75, 3.05) is 65.3 Å². The topological polar surface area (TPSA) is 137 Å². The first-order valence-corrected chi connectivity index (χ1v) is 28.1. The third kappa shape index (κ3) is 18.1. The molecule has 0 spiro atoms. The molecule has 1 saturated carbocycles. The molecule has 3 atom stereocenters. The van der Waals surface area contributed by atoms with Gasteiger partial charge < -0.3 is 42.0 Å². The summed E-state index contributed by atoms with van der Waals surface area (Å²) in [6.45, 7) is 26.8. The molecule has 2 saturated heterocycles. The summed E-state index contributed by atoms with van der Waals surface area (Å²) in [5.74, 6) is 1.90. The van der Waals surface area contributed by atoms with Gasteiger partial charge in [0, 0.05) is 99.6 Å². The van der Waals surface area contributed by atoms with E-state index in [1.165, 1.54) is 60.5 Å². The summed E-state index contributed by atoms with van der Waals surface area (Å²) in [6.07, 6.45) is 20.6. The van der Waals surface area contributed by atoms with Crippen LogP contribution in [-0.4, -0.2) is 115 Å². The van der Waals surface area contributed by atoms with Gasteiger partial charge in [-0.3, -0.25) is 19.3 Å². The summed E-state index contributed by atoms with van der Waals surface area (Å²) in [5.41, 5.74) is 14.4. The molecule has 3 unspecified atom stereocenters. The number of aryl methyl sites for hydroxylation is 3. The van der Waals surface area contributed by atoms with Gasteiger partial charge in [0.25, 0.3) is 5.91 Å². The largest absolute Gasteiger partial charge is 1.00 e. The molecule has 2 aromatic carbocycles. The molecule has 3 N–H and O–H groups in total. The van der Waals surface area contributed by atoms with E-state index in [0.29, 0.717) is 23.7 Å². The number of carbonyl (C=O) groups is 4. The van der Waals surface area contributed by atoms with Crippen molar-refractivity contribution in [2.45, 2.75) is 149 Å². The average Bonchev–Trinajstić information content (AvgIpc) is 4.20. The van der Waals surface area contributed by atoms with E-state index in [1.807, 2.05) is 38.5 Å². The molecule has 1 aliphatic carbocycles. The number of hydrogen-bond donors (Lipinski definition) is 2. The van der Waals surface area contributed by atoms with E-state index in [-0.39, 0.29) is 74.7 Å². The SMILES string of the molecule is CCCN(CC1CCN(C(=O)c2ccc(C3CCN(C(C)c4cc5c(N(C)/C=C\C(=C/C=O)NC)ccnc5n4C)CC3)cc2)CC1)C(C)CC.CCc1ccc(C)c(C2(C(C)=O)CC2)c1.CN.[CH2-]CCC(C)C=O.[K+]. The summed E-state index contributed by atoms with van der Waals surface area (Å²) >= 11 is 0. The van der Waals surface area contributed by atoms with Crippen LogP contribution in [0.15, 0.2) is 84.8 Å². The molecule has 1 amide bonds. The van der Waals surface area contributed by atoms with Gasteiger partial charge in [-0.2, -0.15) is 6.42 Å². The predicted molar refractivity (Wildman–Crippen MR) is 312 cm³/mol. The quantitative estimate of drug-likeness (QED) is 0.0276. The molecule has 76 heavy (non-hydrogen) atoms. The smallest absolute Gasteiger partial charge is 0.388 e. The molecule has 4 aromatic rings. The number of nitrogens with two attached hydrogens (primary N) is 1. The van der Waals surface area contributed by atoms with Gasteiger partial charge in [0.15, 0.2) is 0 Å². The van der Waals surface area contributed by atoms with Crippen LogP contribution in [0.25, 0.3) is 11.0 Å². The summed E-state index contributed by atoms with van der Waals surface area (Å²) in [4.78, 5) is 60.1. The Morgan fingerprint density at radius 3 is 2.13 bits per heavy atom. The predicted octanol–water partition coefficient (Wildman–Crippen LogP) is 8.32. The second-order valence-corrected chi connectivity index (χ2v) is 21.1. The molecule has 3 fully saturated rings. The number of piperidine rings is 2. The van der Waals surface area contributed by atoms with E-state index in [9.17, 15) is 19.2 Å². The fourth-order valence-electron chi connectivity index (χ4n) is 10.8. The minimum atomic E-state index is -0.116. The van der Waals surface area contributed by atoms with Gasteiger partial charge in [-0.15, -0.1) is 0 Å². The van der Waals surface area contributed by atoms with Crippen LogP contribution in [0, 0.1) is 25.7 Å². The van der Waals surface area contributed by atoms with Crippen LogP contribution in [0.4, 0.5) is 5.69 Å². The standard InChI is InChI=1S/C42H61N7O2.C14H18O.C6H11O.CH5N.K/c1-8-22-49(31(3)9-2)30-33-15-24-48(25-16-33)42(51)36-12-10-34(11-13-36)35-17-26-47(27-18-35)32(4)40-29-38-39(14-21-44-41(38)46(40)7)45(6)23-19-37(43-5)20-28-50;1-4-12-6-5-10(2)13(9-12)14(7-8-14)11(3)15;1-3-4-6(2)5-7;1-2;/h10-14,19-21,23,28-29,31-33,35,43H,8-9,15-18,22,24-27,30H2,1-7H3;5-6,9H,4,7-8H2,1-3H3;5-6H,1,3-4H2,2H3;2H2,1H3;/q;;-1;;+1/b23-19-,37-20+;;;;. The van der Waals surface area contributed by atoms with Crippen molar-refractivity contribution in [1.82, 2.24) is 29.6 Å². The Hall–Kier alpha value is -3.79. The van der Waals surface area contributed by atoms with Crippen molar-refractivity contribution >= 4 is 41.0 Å². The first kappa shape index (κ1) is 66.5. The van der Waals surface area contributed by atoms with Gasteiger partial charge >= 0.3 is 51.4 Å². The Kier molecular flexibility index (Phi) is 29.4. The molecule has 13 heteroatoms. The van der Waals surface area contributed by atoms with Crippen molar-refractivity contribution in [3.8, 4) is 0 Å². The fraction of sp³-hybridized carbons (Fsp3) is 0.556. The number of amides is 1. The van der Waals surface area contributed by atoms with Crippen LogP contribution in [-0.2, 0) is 33.3 Å². The fourth-order valence-corrected chi connectivity index (χ4v) is 10.8. The molecule has 12 nitrogen and oxygen atoms in total. The number of benzene rings is 2. The zero-order chi connectivity index (χ0) is 55.2. The molecule has 412 valence electrons. The number of aldehydes is 2. The Balaban J connectivity index is 0.000000500. The number of nitrogens with zero attached hydrogens (tertiary/aromatic N) is 6. The number of ketones is 1. The molecular weight excluding hydrogens is 972 g/mol. The van der Waals surface area contributed by atoms with Crippen molar-refractivity contribution < 1.29 is 70.6 Å². The summed E-state index contributed by atoms with van der Waals surface area (Å²) < 4.78 is 2.23. The number of rotatable bonds is 21. The third-order valence-electron chi connectivity index (χ3n) is 16.1. The molecule has 0 radical (unpaired) electrons. The second-order valence-electron chi connectivity index (χ2n) is 21.1. The number of carbonyl (C=O) groups excluding carboxylic acids is 4. The van der Waals surface area contributed by atoms with Crippen LogP contribution in [0.1, 0.15) is 163 Å². The third-order valence-corrected chi connectivity index (χ3v) is 16.1. The molecule has 2 aromatic heterocycles. The van der Waals surface area contributed by atoms with Gasteiger partial charge in [0.1, 0.15) is 24.0 Å². The maximum atomic E-state index is 13.5. The second kappa shape index (κ2) is 33.6. The minimum Gasteiger partial charge on any atom is -0.388 e. The van der Waals surface area contributed by atoms with Crippen LogP contribution < -0.4 is 67.3 Å². The Bertz CT molecular complexity index is 2460. The van der Waals surface area contributed by atoms with Gasteiger partial charge in [0.05, 0.1) is 11.1 Å². The van der Waals surface area contributed by atoms with Crippen LogP contribution in [0.2, 0.25) is 0 Å². The van der Waals surface area contributed by atoms with E-state index < -0.39 is 0 Å². The first-order chi connectivity index (χ1) is 36.1. The number of Topliss-reactive ketones (excluding diaryl/α,β-unsaturated/α-hetero) is 1. The van der Waals surface area contributed by atoms with E-state index in [0.717, 1.165) is 131 Å². The summed E-state index contributed by atoms with van der Waals surface area (Å²) in [7, 11) is 7.43. The molecule has 4 heterocycles. The number of allylic oxidation sites excluding steroid dienone is 2. The van der Waals surface area contributed by atoms with Gasteiger partial charge in [-0.05, 0) is 177 Å². The number of aromatic nitrogens is 2. The number of pyridine rings is 1. The molecular formula is C63H95KN8O4. The van der Waals surface area contributed by atoms with E-state index in [4.69, 9.17) is 4.98 Å². The van der Waals surface area contributed by atoms with Crippen LogP contribution >= 0.6 is 0 Å². The monoisotopic (exact) mass is 1070 g/mol. The van der Waals surface area contributed by atoms with E-state index in [1.54, 1.807) is 14.0 Å². The Labute approximate surface area is 501 Å². The first-order valence-electron chi connectivity index (χ1n) is 28.1. The maximum absolute atomic E-state index is 13.5. The van der Waals surface area contributed by atoms with Crippen LogP contribution in [0.3, 0.4) is 0 Å². The van der Waals surface area contributed by atoms with Crippen LogP contribution in [0.5, 0.6) is 0 Å². The number of anilines is 1. The number of fused-ring (bicyclic) bond motifs is 1. The number of likely N-dealkylation sites (tertiary alicyclic amines) is 2. The zero-order valence-corrected chi connectivity index (χ0v) is 52.3. The summed E-state index contributed by atoms with van der Waals surface area (Å²) in [6, 6.07) is 20.3. The molecule has 7 rings (SSSR count). The maximum Gasteiger partial charge on any atom is 1.00 e. The normalized spacial score (nSPS) is 16.9. The van der Waals surface area contributed by atoms with Gasteiger partial charge in [-0.25, -0.2) is 4.98 Å². The van der Waals surface area contributed by atoms with Gasteiger partial charge in [0.2, 0.25) is 0 Å². The van der Waals surface area contributed by atoms with Crippen molar-refractivity contribution in [3.63, 3.8) is 0 Å².